The lowest BCUT2D eigenvalue weighted by atomic mass is 9.51. The zero-order valence-corrected chi connectivity index (χ0v) is 14.4. The Morgan fingerprint density at radius 3 is 2.62 bits per heavy atom. The van der Waals surface area contributed by atoms with Crippen LogP contribution in [0, 0.1) is 22.7 Å². The van der Waals surface area contributed by atoms with E-state index >= 15 is 0 Å². The number of fused-ring (bicyclic) bond motifs is 1. The SMILES string of the molecule is CCCCCC[C@@H]1CC[C@@H]2CC3=C(C)C(=O)C[C@@]31C2(C)C. The average molecular weight is 288 g/mol. The topological polar surface area (TPSA) is 17.1 Å². The Kier molecular flexibility index (Phi) is 3.83. The van der Waals surface area contributed by atoms with E-state index in [4.69, 9.17) is 0 Å². The Labute approximate surface area is 130 Å². The summed E-state index contributed by atoms with van der Waals surface area (Å²) in [4.78, 5) is 12.4. The molecular formula is C20H32O. The second-order valence-corrected chi connectivity index (χ2v) is 8.42. The highest BCUT2D eigenvalue weighted by Gasteiger charge is 2.65. The molecule has 3 atom stereocenters. The average Bonchev–Trinajstić information content (AvgIpc) is 2.73. The van der Waals surface area contributed by atoms with Crippen molar-refractivity contribution in [3.63, 3.8) is 0 Å². The van der Waals surface area contributed by atoms with Crippen molar-refractivity contribution in [3.8, 4) is 0 Å². The summed E-state index contributed by atoms with van der Waals surface area (Å²) in [6.45, 7) is 9.32. The smallest absolute Gasteiger partial charge is 0.159 e. The van der Waals surface area contributed by atoms with Crippen molar-refractivity contribution < 1.29 is 4.79 Å². The van der Waals surface area contributed by atoms with Crippen LogP contribution in [0.1, 0.15) is 85.5 Å². The van der Waals surface area contributed by atoms with Crippen LogP contribution in [0.3, 0.4) is 0 Å². The Hall–Kier alpha value is -0.590. The van der Waals surface area contributed by atoms with E-state index < -0.39 is 0 Å². The van der Waals surface area contributed by atoms with Crippen molar-refractivity contribution in [1.82, 2.24) is 0 Å². The first kappa shape index (κ1) is 15.3. The molecule has 1 nitrogen and oxygen atoms in total. The van der Waals surface area contributed by atoms with E-state index in [1.165, 1.54) is 51.4 Å². The van der Waals surface area contributed by atoms with Crippen LogP contribution in [0.5, 0.6) is 0 Å². The van der Waals surface area contributed by atoms with Gasteiger partial charge in [-0.2, -0.15) is 0 Å². The Morgan fingerprint density at radius 1 is 1.14 bits per heavy atom. The molecule has 2 bridgehead atoms. The zero-order chi connectivity index (χ0) is 15.3. The van der Waals surface area contributed by atoms with Gasteiger partial charge in [0.15, 0.2) is 5.78 Å². The van der Waals surface area contributed by atoms with Gasteiger partial charge in [0.05, 0.1) is 0 Å². The molecule has 0 aromatic heterocycles. The van der Waals surface area contributed by atoms with E-state index in [1.54, 1.807) is 5.57 Å². The molecule has 2 fully saturated rings. The van der Waals surface area contributed by atoms with Crippen molar-refractivity contribution in [2.75, 3.05) is 0 Å². The predicted octanol–water partition coefficient (Wildman–Crippen LogP) is 5.69. The van der Waals surface area contributed by atoms with Gasteiger partial charge in [0.2, 0.25) is 0 Å². The van der Waals surface area contributed by atoms with Crippen molar-refractivity contribution in [2.24, 2.45) is 22.7 Å². The summed E-state index contributed by atoms with van der Waals surface area (Å²) in [5.74, 6) is 2.04. The molecule has 0 saturated heterocycles. The van der Waals surface area contributed by atoms with Crippen molar-refractivity contribution in [2.45, 2.75) is 85.5 Å². The first-order chi connectivity index (χ1) is 9.95. The Balaban J connectivity index is 1.88. The summed E-state index contributed by atoms with van der Waals surface area (Å²) in [7, 11) is 0. The third kappa shape index (κ3) is 1.99. The fourth-order valence-electron chi connectivity index (χ4n) is 6.05. The molecule has 2 saturated carbocycles. The van der Waals surface area contributed by atoms with Crippen LogP contribution in [0.15, 0.2) is 11.1 Å². The molecule has 3 rings (SSSR count). The predicted molar refractivity (Wildman–Crippen MR) is 88.1 cm³/mol. The summed E-state index contributed by atoms with van der Waals surface area (Å²) in [5.41, 5.74) is 3.30. The van der Waals surface area contributed by atoms with E-state index in [2.05, 4.69) is 27.7 Å². The fourth-order valence-corrected chi connectivity index (χ4v) is 6.05. The van der Waals surface area contributed by atoms with E-state index in [1.807, 2.05) is 0 Å². The van der Waals surface area contributed by atoms with Crippen LogP contribution in [-0.4, -0.2) is 5.78 Å². The van der Waals surface area contributed by atoms with Gasteiger partial charge in [-0.15, -0.1) is 0 Å². The van der Waals surface area contributed by atoms with Crippen LogP contribution >= 0.6 is 0 Å². The Bertz CT molecular complexity index is 470. The lowest BCUT2D eigenvalue weighted by Crippen LogP contribution is -2.46. The minimum Gasteiger partial charge on any atom is -0.295 e. The molecule has 3 aliphatic rings. The molecule has 0 heterocycles. The maximum Gasteiger partial charge on any atom is 0.159 e. The summed E-state index contributed by atoms with van der Waals surface area (Å²) >= 11 is 0. The minimum absolute atomic E-state index is 0.239. The fraction of sp³-hybridized carbons (Fsp3) is 0.850. The molecule has 3 aliphatic carbocycles. The molecule has 21 heavy (non-hydrogen) atoms. The number of unbranched alkanes of at least 4 members (excludes halogenated alkanes) is 3. The minimum atomic E-state index is 0.239. The first-order valence-electron chi connectivity index (χ1n) is 9.18. The number of carbonyl (C=O) groups excluding carboxylic acids is 1. The van der Waals surface area contributed by atoms with E-state index in [9.17, 15) is 4.79 Å². The monoisotopic (exact) mass is 288 g/mol. The molecule has 118 valence electrons. The molecule has 0 N–H and O–H groups in total. The summed E-state index contributed by atoms with van der Waals surface area (Å²) in [6, 6.07) is 0. The van der Waals surface area contributed by atoms with E-state index in [-0.39, 0.29) is 5.41 Å². The van der Waals surface area contributed by atoms with Crippen LogP contribution in [0.2, 0.25) is 0 Å². The summed E-state index contributed by atoms with van der Waals surface area (Å²) in [5, 5.41) is 0. The lowest BCUT2D eigenvalue weighted by molar-refractivity contribution is -0.120. The quantitative estimate of drug-likeness (QED) is 0.594. The summed E-state index contributed by atoms with van der Waals surface area (Å²) in [6.07, 6.45) is 11.6. The number of carbonyl (C=O) groups is 1. The number of rotatable bonds is 5. The largest absolute Gasteiger partial charge is 0.295 e. The molecule has 0 unspecified atom stereocenters. The normalized spacial score (nSPS) is 37.2. The third-order valence-electron chi connectivity index (χ3n) is 7.44. The highest BCUT2D eigenvalue weighted by molar-refractivity contribution is 6.00. The van der Waals surface area contributed by atoms with Crippen LogP contribution in [0.25, 0.3) is 0 Å². The van der Waals surface area contributed by atoms with Gasteiger partial charge in [-0.25, -0.2) is 0 Å². The van der Waals surface area contributed by atoms with Crippen molar-refractivity contribution >= 4 is 5.78 Å². The van der Waals surface area contributed by atoms with Crippen LogP contribution < -0.4 is 0 Å². The standard InChI is InChI=1S/C20H32O/c1-5-6-7-8-9-15-10-11-16-12-17-14(2)18(21)13-20(15,17)19(16,3)4/h15-16H,5-13H2,1-4H3/t15-,16-,20+/m1/s1. The number of hydrogen-bond acceptors (Lipinski definition) is 1. The summed E-state index contributed by atoms with van der Waals surface area (Å²) < 4.78 is 0. The van der Waals surface area contributed by atoms with Crippen molar-refractivity contribution in [3.05, 3.63) is 11.1 Å². The number of ketones is 1. The van der Waals surface area contributed by atoms with Gasteiger partial charge in [-0.1, -0.05) is 52.0 Å². The highest BCUT2D eigenvalue weighted by Crippen LogP contribution is 2.72. The second-order valence-electron chi connectivity index (χ2n) is 8.42. The van der Waals surface area contributed by atoms with E-state index in [0.29, 0.717) is 11.2 Å². The molecule has 1 heteroatoms. The molecule has 0 amide bonds. The second kappa shape index (κ2) is 5.25. The van der Waals surface area contributed by atoms with Gasteiger partial charge in [0.1, 0.15) is 0 Å². The Morgan fingerprint density at radius 2 is 1.90 bits per heavy atom. The van der Waals surface area contributed by atoms with Gasteiger partial charge < -0.3 is 0 Å². The maximum atomic E-state index is 12.4. The zero-order valence-electron chi connectivity index (χ0n) is 14.4. The maximum absolute atomic E-state index is 12.4. The van der Waals surface area contributed by atoms with Gasteiger partial charge in [0, 0.05) is 11.8 Å². The van der Waals surface area contributed by atoms with Gasteiger partial charge in [0.25, 0.3) is 0 Å². The molecule has 0 radical (unpaired) electrons. The van der Waals surface area contributed by atoms with Gasteiger partial charge >= 0.3 is 0 Å². The first-order valence-corrected chi connectivity index (χ1v) is 9.18. The number of allylic oxidation sites excluding steroid dienone is 2. The molecule has 1 spiro atoms. The molecular weight excluding hydrogens is 256 g/mol. The highest BCUT2D eigenvalue weighted by atomic mass is 16.1. The number of Topliss-reactive ketones (excluding diaryl/α,β-unsaturated/α-hetero) is 1. The number of hydrogen-bond donors (Lipinski definition) is 0. The lowest BCUT2D eigenvalue weighted by Gasteiger charge is -2.52. The van der Waals surface area contributed by atoms with E-state index in [0.717, 1.165) is 23.8 Å². The van der Waals surface area contributed by atoms with Gasteiger partial charge in [-0.05, 0) is 55.4 Å². The van der Waals surface area contributed by atoms with Gasteiger partial charge in [-0.3, -0.25) is 4.79 Å². The molecule has 0 aromatic carbocycles. The van der Waals surface area contributed by atoms with Crippen LogP contribution in [-0.2, 0) is 4.79 Å². The van der Waals surface area contributed by atoms with Crippen LogP contribution in [0.4, 0.5) is 0 Å². The third-order valence-corrected chi connectivity index (χ3v) is 7.44. The van der Waals surface area contributed by atoms with Crippen molar-refractivity contribution in [1.29, 1.82) is 0 Å². The molecule has 0 aliphatic heterocycles. The molecule has 0 aromatic rings.